The van der Waals surface area contributed by atoms with Crippen LogP contribution < -0.4 is 4.74 Å². The number of phenols is 1. The molecular weight excluding hydrogens is 466 g/mol. The average Bonchev–Trinajstić information content (AvgIpc) is 3.23. The fourth-order valence-electron chi connectivity index (χ4n) is 7.47. The molecule has 2 aromatic carbocycles. The minimum Gasteiger partial charge on any atom is -0.504 e. The van der Waals surface area contributed by atoms with Crippen LogP contribution in [-0.4, -0.2) is 69.8 Å². The van der Waals surface area contributed by atoms with Crippen LogP contribution in [0.5, 0.6) is 11.5 Å². The number of amides is 1. The van der Waals surface area contributed by atoms with E-state index in [4.69, 9.17) is 4.74 Å². The molecule has 4 aliphatic rings. The molecular formula is C30H31N3O4. The van der Waals surface area contributed by atoms with E-state index in [9.17, 15) is 20.3 Å². The number of nitrogens with zero attached hydrogens (tertiary/aromatic N) is 3. The molecule has 37 heavy (non-hydrogen) atoms. The highest BCUT2D eigenvalue weighted by Gasteiger charge is 2.74. The molecule has 1 amide bonds. The lowest BCUT2D eigenvalue weighted by atomic mass is 9.47. The molecule has 7 heteroatoms. The number of rotatable bonds is 1. The molecule has 0 aromatic heterocycles. The number of nitriles is 1. The molecule has 2 aliphatic heterocycles. The summed E-state index contributed by atoms with van der Waals surface area (Å²) in [4.78, 5) is 16.9. The number of phenolic OH excluding ortho intramolecular Hbond substituents is 1. The van der Waals surface area contributed by atoms with Gasteiger partial charge in [-0.2, -0.15) is 5.26 Å². The van der Waals surface area contributed by atoms with Gasteiger partial charge in [0.1, 0.15) is 6.10 Å². The van der Waals surface area contributed by atoms with Crippen LogP contribution in [0.3, 0.4) is 0 Å². The standard InChI is InChI=1S/C30H31N3O4/c1-17-5-6-19(13-18(17)2)7-10-25(35)33(4)22-11-12-30(36)24-14-20-8-9-23(34)27-26(20)29(30,28(22)37-27)15-21(16-31)32(24)3/h5-6,8-9,13,21-22,24,28,34,36H,11-12,14-15H2,1-4H3/t21?,22-,24-,28+,29+,30-/m1/s1. The summed E-state index contributed by atoms with van der Waals surface area (Å²) in [5.41, 5.74) is 2.87. The Morgan fingerprint density at radius 2 is 2.03 bits per heavy atom. The van der Waals surface area contributed by atoms with Crippen LogP contribution in [0.2, 0.25) is 0 Å². The van der Waals surface area contributed by atoms with Gasteiger partial charge in [-0.3, -0.25) is 9.69 Å². The Labute approximate surface area is 217 Å². The fourth-order valence-corrected chi connectivity index (χ4v) is 7.47. The Kier molecular flexibility index (Phi) is 5.15. The second kappa shape index (κ2) is 7.99. The van der Waals surface area contributed by atoms with Crippen molar-refractivity contribution >= 4 is 5.91 Å². The van der Waals surface area contributed by atoms with E-state index in [2.05, 4.69) is 17.9 Å². The van der Waals surface area contributed by atoms with Gasteiger partial charge in [-0.1, -0.05) is 18.1 Å². The lowest BCUT2D eigenvalue weighted by Crippen LogP contribution is -2.79. The third-order valence-corrected chi connectivity index (χ3v) is 9.59. The molecule has 6 rings (SSSR count). The Bertz CT molecular complexity index is 1430. The second-order valence-corrected chi connectivity index (χ2v) is 11.2. The second-order valence-electron chi connectivity index (χ2n) is 11.2. The number of aryl methyl sites for hydroxylation is 2. The molecule has 2 bridgehead atoms. The minimum absolute atomic E-state index is 0.0259. The maximum atomic E-state index is 13.3. The van der Waals surface area contributed by atoms with E-state index in [0.29, 0.717) is 31.4 Å². The molecule has 1 saturated carbocycles. The molecule has 2 heterocycles. The van der Waals surface area contributed by atoms with Crippen LogP contribution in [0.25, 0.3) is 0 Å². The Morgan fingerprint density at radius 1 is 1.24 bits per heavy atom. The number of ether oxygens (including phenoxy) is 1. The van der Waals surface area contributed by atoms with Gasteiger partial charge in [-0.25, -0.2) is 0 Å². The highest BCUT2D eigenvalue weighted by Crippen LogP contribution is 2.66. The topological polar surface area (TPSA) is 97.0 Å². The van der Waals surface area contributed by atoms with Gasteiger partial charge in [0.05, 0.1) is 29.2 Å². The molecule has 0 radical (unpaired) electrons. The van der Waals surface area contributed by atoms with E-state index in [1.54, 1.807) is 18.0 Å². The van der Waals surface area contributed by atoms with Gasteiger partial charge in [-0.15, -0.1) is 0 Å². The van der Waals surface area contributed by atoms with Gasteiger partial charge in [0.2, 0.25) is 0 Å². The summed E-state index contributed by atoms with van der Waals surface area (Å²) in [6, 6.07) is 10.8. The van der Waals surface area contributed by atoms with Crippen LogP contribution in [0.15, 0.2) is 30.3 Å². The summed E-state index contributed by atoms with van der Waals surface area (Å²) in [5.74, 6) is 5.87. The highest BCUT2D eigenvalue weighted by atomic mass is 16.5. The molecule has 2 aromatic rings. The first-order chi connectivity index (χ1) is 17.6. The number of carbonyl (C=O) groups is 1. The summed E-state index contributed by atoms with van der Waals surface area (Å²) in [5, 5.41) is 33.2. The number of benzene rings is 2. The van der Waals surface area contributed by atoms with Crippen molar-refractivity contribution in [3.63, 3.8) is 0 Å². The first kappa shape index (κ1) is 23.9. The number of likely N-dealkylation sites (N-methyl/N-ethyl adjacent to an activating group) is 2. The molecule has 1 saturated heterocycles. The van der Waals surface area contributed by atoms with Gasteiger partial charge in [0.25, 0.3) is 5.91 Å². The van der Waals surface area contributed by atoms with Crippen LogP contribution in [0.1, 0.15) is 47.1 Å². The van der Waals surface area contributed by atoms with E-state index in [0.717, 1.165) is 22.3 Å². The summed E-state index contributed by atoms with van der Waals surface area (Å²) in [6.07, 6.45) is 1.34. The lowest BCUT2D eigenvalue weighted by Gasteiger charge is -2.65. The average molecular weight is 498 g/mol. The van der Waals surface area contributed by atoms with Crippen molar-refractivity contribution in [2.45, 2.75) is 74.8 Å². The van der Waals surface area contributed by atoms with Crippen LogP contribution in [0.4, 0.5) is 0 Å². The van der Waals surface area contributed by atoms with E-state index in [1.165, 1.54) is 5.56 Å². The first-order valence-electron chi connectivity index (χ1n) is 12.8. The zero-order chi connectivity index (χ0) is 26.3. The van der Waals surface area contributed by atoms with Crippen molar-refractivity contribution in [2.75, 3.05) is 14.1 Å². The quantitative estimate of drug-likeness (QED) is 0.588. The fraction of sp³-hybridized carbons (Fsp3) is 0.467. The maximum absolute atomic E-state index is 13.3. The summed E-state index contributed by atoms with van der Waals surface area (Å²) in [6.45, 7) is 4.05. The predicted octanol–water partition coefficient (Wildman–Crippen LogP) is 2.56. The number of hydrogen-bond acceptors (Lipinski definition) is 6. The molecule has 1 spiro atoms. The van der Waals surface area contributed by atoms with Crippen molar-refractivity contribution in [3.05, 3.63) is 58.1 Å². The number of carbonyl (C=O) groups excluding carboxylic acids is 1. The third-order valence-electron chi connectivity index (χ3n) is 9.59. The molecule has 1 unspecified atom stereocenters. The molecule has 2 aliphatic carbocycles. The molecule has 7 nitrogen and oxygen atoms in total. The van der Waals surface area contributed by atoms with Crippen molar-refractivity contribution in [3.8, 4) is 29.4 Å². The lowest BCUT2D eigenvalue weighted by molar-refractivity contribution is -0.202. The minimum atomic E-state index is -1.14. The number of hydrogen-bond donors (Lipinski definition) is 2. The van der Waals surface area contributed by atoms with Crippen LogP contribution in [-0.2, 0) is 16.6 Å². The van der Waals surface area contributed by atoms with Crippen molar-refractivity contribution in [1.29, 1.82) is 5.26 Å². The summed E-state index contributed by atoms with van der Waals surface area (Å²) in [7, 11) is 3.64. The Morgan fingerprint density at radius 3 is 2.76 bits per heavy atom. The molecule has 2 N–H and O–H groups in total. The molecule has 190 valence electrons. The zero-order valence-corrected chi connectivity index (χ0v) is 21.6. The van der Waals surface area contributed by atoms with Crippen molar-refractivity contribution < 1.29 is 19.7 Å². The summed E-state index contributed by atoms with van der Waals surface area (Å²) >= 11 is 0. The number of likely N-dealkylation sites (tertiary alicyclic amines) is 1. The van der Waals surface area contributed by atoms with Gasteiger partial charge in [0.15, 0.2) is 11.5 Å². The monoisotopic (exact) mass is 497 g/mol. The van der Waals surface area contributed by atoms with E-state index in [1.807, 2.05) is 50.1 Å². The smallest absolute Gasteiger partial charge is 0.298 e. The van der Waals surface area contributed by atoms with Crippen molar-refractivity contribution in [2.24, 2.45) is 0 Å². The van der Waals surface area contributed by atoms with Crippen molar-refractivity contribution in [1.82, 2.24) is 9.80 Å². The summed E-state index contributed by atoms with van der Waals surface area (Å²) < 4.78 is 6.50. The third kappa shape index (κ3) is 3.05. The molecule has 6 atom stereocenters. The largest absolute Gasteiger partial charge is 0.504 e. The highest BCUT2D eigenvalue weighted by molar-refractivity contribution is 5.94. The number of piperidine rings is 1. The maximum Gasteiger partial charge on any atom is 0.298 e. The number of aliphatic hydroxyl groups is 1. The van der Waals surface area contributed by atoms with Gasteiger partial charge >= 0.3 is 0 Å². The first-order valence-corrected chi connectivity index (χ1v) is 12.8. The number of aromatic hydroxyl groups is 1. The van der Waals surface area contributed by atoms with Crippen LogP contribution in [0, 0.1) is 37.0 Å². The Hall–Kier alpha value is -3.52. The van der Waals surface area contributed by atoms with Gasteiger partial charge in [0, 0.05) is 30.1 Å². The van der Waals surface area contributed by atoms with E-state index in [-0.39, 0.29) is 23.7 Å². The van der Waals surface area contributed by atoms with E-state index < -0.39 is 23.2 Å². The van der Waals surface area contributed by atoms with E-state index >= 15 is 0 Å². The van der Waals surface area contributed by atoms with Gasteiger partial charge in [-0.05, 0) is 81.5 Å². The Balaban J connectivity index is 1.41. The molecule has 2 fully saturated rings. The van der Waals surface area contributed by atoms with Crippen LogP contribution >= 0.6 is 0 Å². The van der Waals surface area contributed by atoms with Gasteiger partial charge < -0.3 is 19.8 Å². The zero-order valence-electron chi connectivity index (χ0n) is 21.6. The predicted molar refractivity (Wildman–Crippen MR) is 137 cm³/mol. The normalized spacial score (nSPS) is 32.9. The SMILES string of the molecule is Cc1ccc(C#CC(=O)N(C)[C@@H]2CC[C@@]3(O)[C@H]4Cc5ccc(O)c6c5[C@@]3(CC(C#N)N4C)[C@H]2O6)cc1C.